The molecule has 3 aromatic heterocycles. The quantitative estimate of drug-likeness (QED) is 0.168. The van der Waals surface area contributed by atoms with E-state index < -0.39 is 0 Å². The summed E-state index contributed by atoms with van der Waals surface area (Å²) in [4.78, 5) is 20.7. The maximum Gasteiger partial charge on any atom is 0.164 e. The Balaban J connectivity index is 1.01. The molecule has 0 bridgehead atoms. The molecule has 0 radical (unpaired) electrons. The Morgan fingerprint density at radius 2 is 0.867 bits per heavy atom. The molecule has 6 heteroatoms. The second kappa shape index (κ2) is 13.9. The molecule has 0 unspecified atom stereocenters. The average Bonchev–Trinajstić information content (AvgIpc) is 3.94. The molecule has 9 aromatic carbocycles. The number of aromatic nitrogens is 4. The minimum absolute atomic E-state index is 0.597. The van der Waals surface area contributed by atoms with Gasteiger partial charge < -0.3 is 4.42 Å². The summed E-state index contributed by atoms with van der Waals surface area (Å²) in [7, 11) is 0. The maximum atomic E-state index is 6.51. The molecule has 0 aliphatic carbocycles. The van der Waals surface area contributed by atoms with Crippen LogP contribution in [0.4, 0.5) is 0 Å². The Hall–Kier alpha value is -7.80. The lowest BCUT2D eigenvalue weighted by Gasteiger charge is -2.11. The van der Waals surface area contributed by atoms with Crippen LogP contribution in [0.5, 0.6) is 0 Å². The van der Waals surface area contributed by atoms with Crippen molar-refractivity contribution < 1.29 is 4.42 Å². The van der Waals surface area contributed by atoms with Crippen LogP contribution in [0.3, 0.4) is 0 Å². The molecular formula is C54H32N4OS. The van der Waals surface area contributed by atoms with E-state index in [1.54, 1.807) is 11.3 Å². The van der Waals surface area contributed by atoms with Crippen molar-refractivity contribution in [2.75, 3.05) is 0 Å². The molecule has 0 atom stereocenters. The SMILES string of the molecule is c1ccc(-c2cccc(-c3ccc(-c4nc(-c5ccc6ccccc6c5)nc(-c5ccc6ccc7oc8ccc9sc(-c%10ccccc%10)nc9c8c7c6c5)n4)cc3)c2)cc1. The molecule has 0 fully saturated rings. The first kappa shape index (κ1) is 34.3. The fraction of sp³-hybridized carbons (Fsp3) is 0. The summed E-state index contributed by atoms with van der Waals surface area (Å²) < 4.78 is 7.63. The summed E-state index contributed by atoms with van der Waals surface area (Å²) in [5.74, 6) is 1.82. The van der Waals surface area contributed by atoms with Crippen LogP contribution < -0.4 is 0 Å². The highest BCUT2D eigenvalue weighted by Gasteiger charge is 2.19. The van der Waals surface area contributed by atoms with Gasteiger partial charge in [0.1, 0.15) is 16.2 Å². The van der Waals surface area contributed by atoms with Crippen molar-refractivity contribution >= 4 is 65.0 Å². The summed E-state index contributed by atoms with van der Waals surface area (Å²) >= 11 is 1.70. The predicted octanol–water partition coefficient (Wildman–Crippen LogP) is 14.7. The van der Waals surface area contributed by atoms with E-state index in [2.05, 4.69) is 182 Å². The lowest BCUT2D eigenvalue weighted by atomic mass is 9.98. The van der Waals surface area contributed by atoms with Crippen LogP contribution in [-0.2, 0) is 0 Å². The second-order valence-corrected chi connectivity index (χ2v) is 16.1. The predicted molar refractivity (Wildman–Crippen MR) is 248 cm³/mol. The average molecular weight is 785 g/mol. The van der Waals surface area contributed by atoms with Gasteiger partial charge in [-0.2, -0.15) is 0 Å². The van der Waals surface area contributed by atoms with E-state index >= 15 is 0 Å². The van der Waals surface area contributed by atoms with E-state index in [0.717, 1.165) is 86.7 Å². The molecule has 280 valence electrons. The highest BCUT2D eigenvalue weighted by molar-refractivity contribution is 7.21. The van der Waals surface area contributed by atoms with Gasteiger partial charge >= 0.3 is 0 Å². The molecule has 0 aliphatic rings. The summed E-state index contributed by atoms with van der Waals surface area (Å²) in [5, 5.41) is 7.49. The van der Waals surface area contributed by atoms with Crippen molar-refractivity contribution in [3.05, 3.63) is 194 Å². The first-order valence-corrected chi connectivity index (χ1v) is 20.8. The van der Waals surface area contributed by atoms with E-state index in [1.165, 1.54) is 16.5 Å². The van der Waals surface area contributed by atoms with Crippen molar-refractivity contribution in [1.29, 1.82) is 0 Å². The highest BCUT2D eigenvalue weighted by Crippen LogP contribution is 2.42. The van der Waals surface area contributed by atoms with Gasteiger partial charge in [0, 0.05) is 27.6 Å². The van der Waals surface area contributed by atoms with Crippen LogP contribution in [-0.4, -0.2) is 19.9 Å². The molecule has 3 heterocycles. The minimum atomic E-state index is 0.597. The molecule has 12 rings (SSSR count). The number of fused-ring (bicyclic) bond motifs is 8. The van der Waals surface area contributed by atoms with E-state index in [1.807, 2.05) is 12.1 Å². The van der Waals surface area contributed by atoms with Gasteiger partial charge in [-0.05, 0) is 80.2 Å². The van der Waals surface area contributed by atoms with Crippen molar-refractivity contribution in [1.82, 2.24) is 19.9 Å². The van der Waals surface area contributed by atoms with E-state index in [4.69, 9.17) is 24.4 Å². The van der Waals surface area contributed by atoms with Crippen LogP contribution >= 0.6 is 11.3 Å². The fourth-order valence-electron chi connectivity index (χ4n) is 8.32. The molecule has 0 saturated carbocycles. The van der Waals surface area contributed by atoms with Crippen molar-refractivity contribution in [3.63, 3.8) is 0 Å². The number of benzene rings is 9. The number of rotatable bonds is 6. The minimum Gasteiger partial charge on any atom is -0.456 e. The van der Waals surface area contributed by atoms with Gasteiger partial charge in [0.15, 0.2) is 17.5 Å². The molecule has 0 spiro atoms. The van der Waals surface area contributed by atoms with Gasteiger partial charge in [-0.15, -0.1) is 11.3 Å². The molecule has 0 N–H and O–H groups in total. The normalized spacial score (nSPS) is 11.7. The Kier molecular flexibility index (Phi) is 7.96. The number of hydrogen-bond acceptors (Lipinski definition) is 6. The number of nitrogens with zero attached hydrogens (tertiary/aromatic N) is 4. The Bertz CT molecular complexity index is 3600. The summed E-state index contributed by atoms with van der Waals surface area (Å²) in [5.41, 5.74) is 11.1. The molecule has 60 heavy (non-hydrogen) atoms. The van der Waals surface area contributed by atoms with E-state index in [9.17, 15) is 0 Å². The summed E-state index contributed by atoms with van der Waals surface area (Å²) in [6, 6.07) is 67.6. The number of thiazole rings is 1. The van der Waals surface area contributed by atoms with Gasteiger partial charge in [0.2, 0.25) is 0 Å². The third kappa shape index (κ3) is 5.93. The zero-order valence-electron chi connectivity index (χ0n) is 32.1. The van der Waals surface area contributed by atoms with E-state index in [0.29, 0.717) is 17.5 Å². The van der Waals surface area contributed by atoms with Crippen LogP contribution in [0.15, 0.2) is 199 Å². The smallest absolute Gasteiger partial charge is 0.164 e. The first-order chi connectivity index (χ1) is 29.7. The Morgan fingerprint density at radius 3 is 1.62 bits per heavy atom. The lowest BCUT2D eigenvalue weighted by molar-refractivity contribution is 0.669. The highest BCUT2D eigenvalue weighted by atomic mass is 32.1. The third-order valence-corrected chi connectivity index (χ3v) is 12.4. The van der Waals surface area contributed by atoms with Crippen LogP contribution in [0.25, 0.3) is 121 Å². The van der Waals surface area contributed by atoms with Gasteiger partial charge in [-0.3, -0.25) is 0 Å². The standard InChI is InChI=1S/C54H32N4OS/c1-3-10-33(11-4-1)40-16-9-17-41(30-40)35-18-22-37(23-19-35)51-56-52(42-24-20-34-12-7-8-15-39(34)31-42)58-53(57-51)43-25-21-36-26-27-45-48(44(36)32-43)49-46(59-45)28-29-47-50(49)55-54(60-47)38-13-5-2-6-14-38/h1-32H. The first-order valence-electron chi connectivity index (χ1n) is 19.9. The molecule has 12 aromatic rings. The van der Waals surface area contributed by atoms with Gasteiger partial charge in [-0.25, -0.2) is 19.9 Å². The molecular weight excluding hydrogens is 753 g/mol. The van der Waals surface area contributed by atoms with Crippen LogP contribution in [0, 0.1) is 0 Å². The topological polar surface area (TPSA) is 64.7 Å². The second-order valence-electron chi connectivity index (χ2n) is 15.0. The maximum absolute atomic E-state index is 6.51. The Labute approximate surface area is 348 Å². The summed E-state index contributed by atoms with van der Waals surface area (Å²) in [6.45, 7) is 0. The molecule has 0 amide bonds. The lowest BCUT2D eigenvalue weighted by Crippen LogP contribution is -2.00. The van der Waals surface area contributed by atoms with Crippen molar-refractivity contribution in [2.24, 2.45) is 0 Å². The van der Waals surface area contributed by atoms with Crippen molar-refractivity contribution in [3.8, 4) is 67.0 Å². The fourth-order valence-corrected chi connectivity index (χ4v) is 9.30. The molecule has 0 aliphatic heterocycles. The molecule has 0 saturated heterocycles. The van der Waals surface area contributed by atoms with Gasteiger partial charge in [0.25, 0.3) is 0 Å². The monoisotopic (exact) mass is 784 g/mol. The number of furan rings is 1. The third-order valence-electron chi connectivity index (χ3n) is 11.3. The molecule has 5 nitrogen and oxygen atoms in total. The zero-order chi connectivity index (χ0) is 39.6. The largest absolute Gasteiger partial charge is 0.456 e. The number of hydrogen-bond donors (Lipinski definition) is 0. The van der Waals surface area contributed by atoms with Crippen molar-refractivity contribution in [2.45, 2.75) is 0 Å². The van der Waals surface area contributed by atoms with Crippen LogP contribution in [0.1, 0.15) is 0 Å². The van der Waals surface area contributed by atoms with E-state index in [-0.39, 0.29) is 0 Å². The van der Waals surface area contributed by atoms with Crippen LogP contribution in [0.2, 0.25) is 0 Å². The summed E-state index contributed by atoms with van der Waals surface area (Å²) in [6.07, 6.45) is 0. The van der Waals surface area contributed by atoms with Gasteiger partial charge in [0.05, 0.1) is 15.6 Å². The Morgan fingerprint density at radius 1 is 0.333 bits per heavy atom. The van der Waals surface area contributed by atoms with Gasteiger partial charge in [-0.1, -0.05) is 158 Å². The zero-order valence-corrected chi connectivity index (χ0v) is 32.9.